The minimum atomic E-state index is 0.649. The van der Waals surface area contributed by atoms with E-state index in [4.69, 9.17) is 5.73 Å². The van der Waals surface area contributed by atoms with Gasteiger partial charge in [-0.15, -0.1) is 0 Å². The van der Waals surface area contributed by atoms with Crippen molar-refractivity contribution in [2.45, 2.75) is 32.2 Å². The quantitative estimate of drug-likeness (QED) is 0.863. The molecule has 0 spiro atoms. The number of nitrogens with zero attached hydrogens (tertiary/aromatic N) is 1. The molecule has 2 N–H and O–H groups in total. The molecular formula is C15H24N2. The summed E-state index contributed by atoms with van der Waals surface area (Å²) in [5.41, 5.74) is 7.18. The molecule has 0 amide bonds. The van der Waals surface area contributed by atoms with E-state index in [0.717, 1.165) is 18.9 Å². The minimum Gasteiger partial charge on any atom is -0.330 e. The van der Waals surface area contributed by atoms with Gasteiger partial charge in [0.25, 0.3) is 0 Å². The van der Waals surface area contributed by atoms with Crippen LogP contribution in [-0.4, -0.2) is 30.6 Å². The van der Waals surface area contributed by atoms with Crippen LogP contribution in [0.25, 0.3) is 0 Å². The summed E-state index contributed by atoms with van der Waals surface area (Å²) in [5.74, 6) is 0.759. The Labute approximate surface area is 105 Å². The largest absolute Gasteiger partial charge is 0.330 e. The minimum absolute atomic E-state index is 0.649. The summed E-state index contributed by atoms with van der Waals surface area (Å²) in [6, 6.07) is 11.4. The van der Waals surface area contributed by atoms with Crippen LogP contribution in [0, 0.1) is 5.92 Å². The fourth-order valence-electron chi connectivity index (χ4n) is 2.71. The molecule has 94 valence electrons. The van der Waals surface area contributed by atoms with Crippen LogP contribution in [0.3, 0.4) is 0 Å². The molecule has 0 unspecified atom stereocenters. The van der Waals surface area contributed by atoms with Gasteiger partial charge in [-0.25, -0.2) is 0 Å². The van der Waals surface area contributed by atoms with E-state index in [2.05, 4.69) is 42.2 Å². The molecule has 1 aliphatic heterocycles. The van der Waals surface area contributed by atoms with Gasteiger partial charge in [0.15, 0.2) is 0 Å². The highest BCUT2D eigenvalue weighted by atomic mass is 15.2. The van der Waals surface area contributed by atoms with Crippen molar-refractivity contribution in [3.05, 3.63) is 35.9 Å². The van der Waals surface area contributed by atoms with E-state index < -0.39 is 0 Å². The average molecular weight is 232 g/mol. The first kappa shape index (κ1) is 12.6. The molecule has 1 heterocycles. The maximum Gasteiger partial charge on any atom is 0.0107 e. The molecular weight excluding hydrogens is 208 g/mol. The van der Waals surface area contributed by atoms with Crippen LogP contribution in [-0.2, 0) is 6.42 Å². The van der Waals surface area contributed by atoms with Crippen LogP contribution in [0.15, 0.2) is 30.3 Å². The summed E-state index contributed by atoms with van der Waals surface area (Å²) in [6.07, 6.45) is 3.71. The van der Waals surface area contributed by atoms with Gasteiger partial charge < -0.3 is 10.6 Å². The highest BCUT2D eigenvalue weighted by molar-refractivity contribution is 5.15. The Morgan fingerprint density at radius 2 is 1.88 bits per heavy atom. The van der Waals surface area contributed by atoms with Gasteiger partial charge in [0.05, 0.1) is 0 Å². The molecule has 1 atom stereocenters. The summed E-state index contributed by atoms with van der Waals surface area (Å²) in [6.45, 7) is 5.64. The molecule has 0 aliphatic carbocycles. The fourth-order valence-corrected chi connectivity index (χ4v) is 2.71. The standard InChI is InChI=1S/C15H24N2/c1-13(11-14-5-3-2-4-6-14)17-9-7-15(12-16)8-10-17/h2-6,13,15H,7-12,16H2,1H3/t13-/m0/s1. The van der Waals surface area contributed by atoms with Crippen molar-refractivity contribution in [1.29, 1.82) is 0 Å². The third-order valence-electron chi connectivity index (χ3n) is 3.98. The van der Waals surface area contributed by atoms with Crippen molar-refractivity contribution in [2.24, 2.45) is 11.7 Å². The second-order valence-corrected chi connectivity index (χ2v) is 5.25. The predicted octanol–water partition coefficient (Wildman–Crippen LogP) is 2.29. The van der Waals surface area contributed by atoms with Crippen LogP contribution in [0.1, 0.15) is 25.3 Å². The average Bonchev–Trinajstić information content (AvgIpc) is 2.40. The first-order chi connectivity index (χ1) is 8.29. The van der Waals surface area contributed by atoms with Gasteiger partial charge in [0.1, 0.15) is 0 Å². The topological polar surface area (TPSA) is 29.3 Å². The predicted molar refractivity (Wildman–Crippen MR) is 73.0 cm³/mol. The summed E-state index contributed by atoms with van der Waals surface area (Å²) < 4.78 is 0. The van der Waals surface area contributed by atoms with Gasteiger partial charge in [-0.3, -0.25) is 0 Å². The maximum absolute atomic E-state index is 5.73. The van der Waals surface area contributed by atoms with Crippen LogP contribution < -0.4 is 5.73 Å². The first-order valence-electron chi connectivity index (χ1n) is 6.77. The Balaban J connectivity index is 1.83. The number of hydrogen-bond acceptors (Lipinski definition) is 2. The summed E-state index contributed by atoms with van der Waals surface area (Å²) in [4.78, 5) is 2.61. The lowest BCUT2D eigenvalue weighted by Gasteiger charge is -2.35. The van der Waals surface area contributed by atoms with Crippen molar-refractivity contribution >= 4 is 0 Å². The van der Waals surface area contributed by atoms with Crippen LogP contribution in [0.2, 0.25) is 0 Å². The Kier molecular flexibility index (Phi) is 4.57. The molecule has 1 aromatic carbocycles. The molecule has 1 fully saturated rings. The van der Waals surface area contributed by atoms with Gasteiger partial charge in [-0.2, -0.15) is 0 Å². The maximum atomic E-state index is 5.73. The fraction of sp³-hybridized carbons (Fsp3) is 0.600. The molecule has 1 saturated heterocycles. The lowest BCUT2D eigenvalue weighted by Crippen LogP contribution is -2.42. The molecule has 2 rings (SSSR count). The number of piperidine rings is 1. The molecule has 0 aromatic heterocycles. The van der Waals surface area contributed by atoms with E-state index in [9.17, 15) is 0 Å². The number of rotatable bonds is 4. The lowest BCUT2D eigenvalue weighted by molar-refractivity contribution is 0.143. The van der Waals surface area contributed by atoms with Crippen molar-refractivity contribution in [3.63, 3.8) is 0 Å². The Bertz CT molecular complexity index is 315. The molecule has 2 nitrogen and oxygen atoms in total. The number of hydrogen-bond donors (Lipinski definition) is 1. The van der Waals surface area contributed by atoms with Gasteiger partial charge >= 0.3 is 0 Å². The van der Waals surface area contributed by atoms with E-state index in [1.165, 1.54) is 31.5 Å². The number of nitrogens with two attached hydrogens (primary N) is 1. The molecule has 17 heavy (non-hydrogen) atoms. The molecule has 0 radical (unpaired) electrons. The summed E-state index contributed by atoms with van der Waals surface area (Å²) >= 11 is 0. The van der Waals surface area contributed by atoms with Crippen molar-refractivity contribution in [2.75, 3.05) is 19.6 Å². The van der Waals surface area contributed by atoms with Gasteiger partial charge in [-0.05, 0) is 57.3 Å². The lowest BCUT2D eigenvalue weighted by atomic mass is 9.95. The second-order valence-electron chi connectivity index (χ2n) is 5.25. The Morgan fingerprint density at radius 3 is 2.47 bits per heavy atom. The third kappa shape index (κ3) is 3.55. The molecule has 1 aliphatic rings. The van der Waals surface area contributed by atoms with Crippen LogP contribution in [0.4, 0.5) is 0 Å². The number of benzene rings is 1. The zero-order valence-corrected chi connectivity index (χ0v) is 10.8. The smallest absolute Gasteiger partial charge is 0.0107 e. The Hall–Kier alpha value is -0.860. The van der Waals surface area contributed by atoms with Crippen molar-refractivity contribution in [1.82, 2.24) is 4.90 Å². The van der Waals surface area contributed by atoms with Gasteiger partial charge in [0, 0.05) is 6.04 Å². The molecule has 2 heteroatoms. The molecule has 1 aromatic rings. The molecule has 0 bridgehead atoms. The summed E-state index contributed by atoms with van der Waals surface area (Å²) in [7, 11) is 0. The van der Waals surface area contributed by atoms with E-state index in [-0.39, 0.29) is 0 Å². The highest BCUT2D eigenvalue weighted by Crippen LogP contribution is 2.19. The third-order valence-corrected chi connectivity index (χ3v) is 3.98. The highest BCUT2D eigenvalue weighted by Gasteiger charge is 2.21. The van der Waals surface area contributed by atoms with E-state index >= 15 is 0 Å². The van der Waals surface area contributed by atoms with Crippen LogP contribution in [0.5, 0.6) is 0 Å². The Morgan fingerprint density at radius 1 is 1.24 bits per heavy atom. The van der Waals surface area contributed by atoms with Crippen LogP contribution >= 0.6 is 0 Å². The van der Waals surface area contributed by atoms with Gasteiger partial charge in [0.2, 0.25) is 0 Å². The first-order valence-corrected chi connectivity index (χ1v) is 6.77. The van der Waals surface area contributed by atoms with E-state index in [0.29, 0.717) is 6.04 Å². The van der Waals surface area contributed by atoms with E-state index in [1.54, 1.807) is 0 Å². The van der Waals surface area contributed by atoms with Gasteiger partial charge in [-0.1, -0.05) is 30.3 Å². The monoisotopic (exact) mass is 232 g/mol. The van der Waals surface area contributed by atoms with E-state index in [1.807, 2.05) is 0 Å². The van der Waals surface area contributed by atoms with Crippen molar-refractivity contribution in [3.8, 4) is 0 Å². The second kappa shape index (κ2) is 6.18. The SMILES string of the molecule is C[C@@H](Cc1ccccc1)N1CCC(CN)CC1. The zero-order valence-electron chi connectivity index (χ0n) is 10.8. The normalized spacial score (nSPS) is 20.4. The number of likely N-dealkylation sites (tertiary alicyclic amines) is 1. The summed E-state index contributed by atoms with van der Waals surface area (Å²) in [5, 5.41) is 0. The zero-order chi connectivity index (χ0) is 12.1. The molecule has 0 saturated carbocycles. The van der Waals surface area contributed by atoms with Crippen molar-refractivity contribution < 1.29 is 0 Å².